The fourth-order valence-electron chi connectivity index (χ4n) is 6.05. The van der Waals surface area contributed by atoms with E-state index in [2.05, 4.69) is 28.4 Å². The standard InChI is InChI=1S/C29H36ClN5O3/c1-18(2)34-23(22-17-31-28(33(3)4)32-26(22)37-5)16-21-25(34)24(19-10-12-20(30)13-11-19)35(27(21)36)29(38-6)14-8-7-9-15-29/h10-13,16-18,24H,7-9,14-15H2,1-6H3. The third-order valence-electron chi connectivity index (χ3n) is 7.81. The highest BCUT2D eigenvalue weighted by Crippen LogP contribution is 2.51. The molecular formula is C29H36ClN5O3. The van der Waals surface area contributed by atoms with Gasteiger partial charge in [0.25, 0.3) is 5.91 Å². The Morgan fingerprint density at radius 1 is 1.08 bits per heavy atom. The van der Waals surface area contributed by atoms with Crippen LogP contribution in [0.3, 0.4) is 0 Å². The van der Waals surface area contributed by atoms with E-state index < -0.39 is 5.72 Å². The summed E-state index contributed by atoms with van der Waals surface area (Å²) >= 11 is 6.28. The van der Waals surface area contributed by atoms with Crippen molar-refractivity contribution in [3.05, 3.63) is 58.4 Å². The molecular weight excluding hydrogens is 502 g/mol. The van der Waals surface area contributed by atoms with Crippen molar-refractivity contribution in [2.75, 3.05) is 33.2 Å². The second-order valence-corrected chi connectivity index (χ2v) is 11.1. The van der Waals surface area contributed by atoms with Gasteiger partial charge in [0.2, 0.25) is 11.8 Å². The zero-order valence-corrected chi connectivity index (χ0v) is 23.7. The van der Waals surface area contributed by atoms with Crippen molar-refractivity contribution in [2.24, 2.45) is 0 Å². The van der Waals surface area contributed by atoms with Crippen LogP contribution in [-0.4, -0.2) is 59.4 Å². The van der Waals surface area contributed by atoms with Crippen LogP contribution in [0.4, 0.5) is 5.95 Å². The van der Waals surface area contributed by atoms with Crippen molar-refractivity contribution in [1.29, 1.82) is 0 Å². The maximum Gasteiger partial charge on any atom is 0.258 e. The summed E-state index contributed by atoms with van der Waals surface area (Å²) in [6, 6.07) is 9.51. The van der Waals surface area contributed by atoms with Gasteiger partial charge in [-0.25, -0.2) is 4.98 Å². The molecule has 3 aromatic rings. The first-order valence-electron chi connectivity index (χ1n) is 13.2. The van der Waals surface area contributed by atoms with Crippen molar-refractivity contribution in [3.63, 3.8) is 0 Å². The van der Waals surface area contributed by atoms with Crippen LogP contribution in [0.1, 0.15) is 79.7 Å². The molecule has 8 nitrogen and oxygen atoms in total. The summed E-state index contributed by atoms with van der Waals surface area (Å²) in [5.74, 6) is 1.00. The van der Waals surface area contributed by atoms with Gasteiger partial charge in [-0.3, -0.25) is 9.69 Å². The van der Waals surface area contributed by atoms with Crippen molar-refractivity contribution < 1.29 is 14.3 Å². The number of fused-ring (bicyclic) bond motifs is 1. The molecule has 2 aromatic heterocycles. The van der Waals surface area contributed by atoms with Gasteiger partial charge in [-0.2, -0.15) is 4.98 Å². The Hall–Kier alpha value is -3.10. The molecule has 2 aliphatic rings. The molecule has 1 saturated carbocycles. The highest BCUT2D eigenvalue weighted by atomic mass is 35.5. The number of rotatable bonds is 7. The van der Waals surface area contributed by atoms with E-state index in [9.17, 15) is 4.79 Å². The summed E-state index contributed by atoms with van der Waals surface area (Å²) in [4.78, 5) is 27.4. The molecule has 1 aliphatic carbocycles. The Bertz CT molecular complexity index is 1330. The molecule has 1 aliphatic heterocycles. The third kappa shape index (κ3) is 4.24. The molecule has 3 heterocycles. The Kier molecular flexibility index (Phi) is 7.13. The van der Waals surface area contributed by atoms with Gasteiger partial charge in [0.15, 0.2) is 0 Å². The van der Waals surface area contributed by atoms with E-state index >= 15 is 0 Å². The molecule has 5 rings (SSSR count). The fourth-order valence-corrected chi connectivity index (χ4v) is 6.17. The van der Waals surface area contributed by atoms with Gasteiger partial charge in [-0.05, 0) is 63.3 Å². The first-order chi connectivity index (χ1) is 18.2. The maximum atomic E-state index is 14.4. The minimum atomic E-state index is -0.658. The van der Waals surface area contributed by atoms with E-state index in [0.717, 1.165) is 54.6 Å². The lowest BCUT2D eigenvalue weighted by Gasteiger charge is -2.46. The quantitative estimate of drug-likeness (QED) is 0.362. The molecule has 0 saturated heterocycles. The van der Waals surface area contributed by atoms with Gasteiger partial charge < -0.3 is 18.9 Å². The predicted octanol–water partition coefficient (Wildman–Crippen LogP) is 6.11. The number of carbonyl (C=O) groups is 1. The van der Waals surface area contributed by atoms with E-state index in [1.165, 1.54) is 0 Å². The van der Waals surface area contributed by atoms with Gasteiger partial charge >= 0.3 is 0 Å². The van der Waals surface area contributed by atoms with Gasteiger partial charge in [0.05, 0.1) is 29.6 Å². The molecule has 1 amide bonds. The van der Waals surface area contributed by atoms with E-state index in [0.29, 0.717) is 22.4 Å². The SMILES string of the molecule is COc1nc(N(C)C)ncc1-c1cc2c(n1C(C)C)C(c1ccc(Cl)cc1)N(C1(OC)CCCCC1)C2=O. The number of ether oxygens (including phenoxy) is 2. The van der Waals surface area contributed by atoms with Crippen molar-refractivity contribution in [3.8, 4) is 17.1 Å². The molecule has 0 radical (unpaired) electrons. The summed E-state index contributed by atoms with van der Waals surface area (Å²) in [5.41, 5.74) is 3.57. The van der Waals surface area contributed by atoms with Gasteiger partial charge in [0.1, 0.15) is 11.8 Å². The molecule has 1 atom stereocenters. The van der Waals surface area contributed by atoms with Gasteiger partial charge in [0, 0.05) is 38.5 Å². The molecule has 0 spiro atoms. The molecule has 202 valence electrons. The number of halogens is 1. The van der Waals surface area contributed by atoms with Crippen LogP contribution in [0.15, 0.2) is 36.5 Å². The normalized spacial score (nSPS) is 18.7. The average molecular weight is 538 g/mol. The Balaban J connectivity index is 1.75. The van der Waals surface area contributed by atoms with Crippen LogP contribution in [0, 0.1) is 0 Å². The third-order valence-corrected chi connectivity index (χ3v) is 8.06. The highest BCUT2D eigenvalue weighted by molar-refractivity contribution is 6.30. The van der Waals surface area contributed by atoms with Crippen LogP contribution in [0.25, 0.3) is 11.3 Å². The number of hydrogen-bond donors (Lipinski definition) is 0. The average Bonchev–Trinajstić information content (AvgIpc) is 3.44. The molecule has 0 bridgehead atoms. The van der Waals surface area contributed by atoms with Crippen LogP contribution >= 0.6 is 11.6 Å². The molecule has 1 aromatic carbocycles. The maximum absolute atomic E-state index is 14.4. The van der Waals surface area contributed by atoms with Crippen molar-refractivity contribution in [1.82, 2.24) is 19.4 Å². The Morgan fingerprint density at radius 2 is 1.76 bits per heavy atom. The first kappa shape index (κ1) is 26.5. The topological polar surface area (TPSA) is 72.7 Å². The number of carbonyl (C=O) groups excluding carboxylic acids is 1. The molecule has 1 unspecified atom stereocenters. The predicted molar refractivity (Wildman–Crippen MR) is 149 cm³/mol. The molecule has 38 heavy (non-hydrogen) atoms. The molecule has 1 fully saturated rings. The van der Waals surface area contributed by atoms with E-state index in [-0.39, 0.29) is 18.0 Å². The highest BCUT2D eigenvalue weighted by Gasteiger charge is 2.52. The molecule has 0 N–H and O–H groups in total. The van der Waals surface area contributed by atoms with Crippen molar-refractivity contribution in [2.45, 2.75) is 63.8 Å². The first-order valence-corrected chi connectivity index (χ1v) is 13.6. The minimum Gasteiger partial charge on any atom is -0.480 e. The number of methoxy groups -OCH3 is 2. The van der Waals surface area contributed by atoms with Crippen LogP contribution in [-0.2, 0) is 4.74 Å². The largest absolute Gasteiger partial charge is 0.480 e. The van der Waals surface area contributed by atoms with E-state index in [4.69, 9.17) is 21.1 Å². The Labute approximate surface area is 229 Å². The second-order valence-electron chi connectivity index (χ2n) is 10.6. The number of amides is 1. The number of benzene rings is 1. The monoisotopic (exact) mass is 537 g/mol. The van der Waals surface area contributed by atoms with E-state index in [1.807, 2.05) is 54.2 Å². The lowest BCUT2D eigenvalue weighted by molar-refractivity contribution is -0.145. The lowest BCUT2D eigenvalue weighted by Crippen LogP contribution is -2.53. The summed E-state index contributed by atoms with van der Waals surface area (Å²) in [7, 11) is 7.12. The molecule has 9 heteroatoms. The van der Waals surface area contributed by atoms with Crippen LogP contribution in [0.5, 0.6) is 5.88 Å². The van der Waals surface area contributed by atoms with Crippen LogP contribution in [0.2, 0.25) is 5.02 Å². The summed E-state index contributed by atoms with van der Waals surface area (Å²) in [5, 5.41) is 0.659. The summed E-state index contributed by atoms with van der Waals surface area (Å²) in [6.07, 6.45) is 6.60. The zero-order valence-electron chi connectivity index (χ0n) is 23.0. The minimum absolute atomic E-state index is 0.0193. The summed E-state index contributed by atoms with van der Waals surface area (Å²) in [6.45, 7) is 4.26. The zero-order chi connectivity index (χ0) is 27.2. The number of anilines is 1. The van der Waals surface area contributed by atoms with Crippen molar-refractivity contribution >= 4 is 23.5 Å². The van der Waals surface area contributed by atoms with Gasteiger partial charge in [-0.15, -0.1) is 0 Å². The van der Waals surface area contributed by atoms with E-state index in [1.54, 1.807) is 20.4 Å². The fraction of sp³-hybridized carbons (Fsp3) is 0.483. The Morgan fingerprint density at radius 3 is 2.34 bits per heavy atom. The second kappa shape index (κ2) is 10.2. The number of aromatic nitrogens is 3. The number of hydrogen-bond acceptors (Lipinski definition) is 6. The van der Waals surface area contributed by atoms with Gasteiger partial charge in [-0.1, -0.05) is 30.2 Å². The lowest BCUT2D eigenvalue weighted by atomic mass is 9.88. The summed E-state index contributed by atoms with van der Waals surface area (Å²) < 4.78 is 14.2. The smallest absolute Gasteiger partial charge is 0.258 e. The number of nitrogens with zero attached hydrogens (tertiary/aromatic N) is 5. The van der Waals surface area contributed by atoms with Crippen LogP contribution < -0.4 is 9.64 Å².